The summed E-state index contributed by atoms with van der Waals surface area (Å²) in [5.74, 6) is 0.775. The van der Waals surface area contributed by atoms with Gasteiger partial charge in [-0.25, -0.2) is 4.79 Å². The molecule has 3 rings (SSSR count). The van der Waals surface area contributed by atoms with Crippen LogP contribution in [0.3, 0.4) is 0 Å². The molecule has 2 aromatic heterocycles. The average Bonchev–Trinajstić information content (AvgIpc) is 3.06. The summed E-state index contributed by atoms with van der Waals surface area (Å²) < 4.78 is 6.01. The van der Waals surface area contributed by atoms with Crippen molar-refractivity contribution in [2.45, 2.75) is 12.7 Å². The number of pyridine rings is 1. The zero-order valence-corrected chi connectivity index (χ0v) is 15.9. The number of amides is 1. The maximum atomic E-state index is 12.1. The number of benzene rings is 1. The molecule has 0 aliphatic carbocycles. The van der Waals surface area contributed by atoms with Gasteiger partial charge in [0.15, 0.2) is 0 Å². The molecule has 0 aliphatic rings. The van der Waals surface area contributed by atoms with Gasteiger partial charge in [-0.1, -0.05) is 0 Å². The number of thiophene rings is 1. The van der Waals surface area contributed by atoms with Crippen LogP contribution in [-0.4, -0.2) is 29.2 Å². The molecule has 3 aromatic rings. The van der Waals surface area contributed by atoms with Crippen LogP contribution in [-0.2, 0) is 15.3 Å². The summed E-state index contributed by atoms with van der Waals surface area (Å²) in [7, 11) is 0. The van der Waals surface area contributed by atoms with Crippen LogP contribution in [0, 0.1) is 0 Å². The van der Waals surface area contributed by atoms with Crippen LogP contribution in [0.1, 0.15) is 22.2 Å². The van der Waals surface area contributed by atoms with E-state index >= 15 is 0 Å². The van der Waals surface area contributed by atoms with E-state index < -0.39 is 0 Å². The van der Waals surface area contributed by atoms with Gasteiger partial charge >= 0.3 is 5.97 Å². The number of fused-ring (bicyclic) bond motifs is 1. The lowest BCUT2D eigenvalue weighted by Crippen LogP contribution is -2.14. The first-order valence-electron chi connectivity index (χ1n) is 8.13. The van der Waals surface area contributed by atoms with Crippen molar-refractivity contribution < 1.29 is 14.3 Å². The fourth-order valence-electron chi connectivity index (χ4n) is 2.36. The third-order valence-corrected chi connectivity index (χ3v) is 5.63. The number of nitrogens with one attached hydrogen (secondary N) is 1. The second-order valence-corrected chi connectivity index (χ2v) is 7.55. The highest BCUT2D eigenvalue weighted by molar-refractivity contribution is 7.99. The minimum absolute atomic E-state index is 0.0516. The zero-order valence-electron chi connectivity index (χ0n) is 14.2. The molecule has 0 saturated heterocycles. The van der Waals surface area contributed by atoms with Gasteiger partial charge in [0.25, 0.3) is 0 Å². The molecule has 0 saturated carbocycles. The van der Waals surface area contributed by atoms with Gasteiger partial charge in [-0.05, 0) is 54.3 Å². The molecule has 134 valence electrons. The Hall–Kier alpha value is -2.38. The summed E-state index contributed by atoms with van der Waals surface area (Å²) in [5.41, 5.74) is 1.87. The van der Waals surface area contributed by atoms with Crippen LogP contribution < -0.4 is 5.32 Å². The number of thioether (sulfide) groups is 1. The molecule has 0 fully saturated rings. The first-order chi connectivity index (χ1) is 12.7. The fourth-order valence-corrected chi connectivity index (χ4v) is 4.09. The van der Waals surface area contributed by atoms with Gasteiger partial charge in [-0.3, -0.25) is 9.78 Å². The number of anilines is 1. The molecule has 0 aliphatic heterocycles. The number of ether oxygens (including phenoxy) is 1. The number of carbonyl (C=O) groups is 2. The largest absolute Gasteiger partial charge is 0.462 e. The molecule has 5 nitrogen and oxygen atoms in total. The number of aromatic nitrogens is 1. The summed E-state index contributed by atoms with van der Waals surface area (Å²) in [6, 6.07) is 11.3. The summed E-state index contributed by atoms with van der Waals surface area (Å²) in [5, 5.41) is 3.82. The van der Waals surface area contributed by atoms with Crippen molar-refractivity contribution in [1.29, 1.82) is 0 Å². The molecular weight excluding hydrogens is 368 g/mol. The van der Waals surface area contributed by atoms with Gasteiger partial charge in [-0.2, -0.15) is 0 Å². The molecule has 0 radical (unpaired) electrons. The summed E-state index contributed by atoms with van der Waals surface area (Å²) in [4.78, 5) is 28.5. The molecule has 1 amide bonds. The van der Waals surface area contributed by atoms with Gasteiger partial charge < -0.3 is 10.1 Å². The van der Waals surface area contributed by atoms with Crippen LogP contribution in [0.25, 0.3) is 10.1 Å². The lowest BCUT2D eigenvalue weighted by Gasteiger charge is -2.05. The Labute approximate surface area is 159 Å². The third-order valence-electron chi connectivity index (χ3n) is 3.53. The van der Waals surface area contributed by atoms with Crippen molar-refractivity contribution >= 4 is 50.7 Å². The van der Waals surface area contributed by atoms with Crippen molar-refractivity contribution in [3.8, 4) is 0 Å². The van der Waals surface area contributed by atoms with Gasteiger partial charge in [0.05, 0.1) is 12.4 Å². The maximum Gasteiger partial charge on any atom is 0.348 e. The molecule has 1 N–H and O–H groups in total. The van der Waals surface area contributed by atoms with Gasteiger partial charge in [0.2, 0.25) is 5.91 Å². The molecular formula is C19H18N2O3S2. The smallest absolute Gasteiger partial charge is 0.348 e. The van der Waals surface area contributed by atoms with E-state index in [9.17, 15) is 9.59 Å². The van der Waals surface area contributed by atoms with E-state index in [1.54, 1.807) is 37.1 Å². The summed E-state index contributed by atoms with van der Waals surface area (Å²) >= 11 is 2.94. The van der Waals surface area contributed by atoms with Crippen LogP contribution >= 0.6 is 23.1 Å². The van der Waals surface area contributed by atoms with Gasteiger partial charge in [0.1, 0.15) is 4.88 Å². The molecule has 7 heteroatoms. The van der Waals surface area contributed by atoms with E-state index in [0.29, 0.717) is 17.2 Å². The lowest BCUT2D eigenvalue weighted by atomic mass is 10.2. The van der Waals surface area contributed by atoms with Gasteiger partial charge in [-0.15, -0.1) is 23.1 Å². The van der Waals surface area contributed by atoms with E-state index in [2.05, 4.69) is 10.3 Å². The number of carbonyl (C=O) groups excluding carboxylic acids is 2. The number of hydrogen-bond acceptors (Lipinski definition) is 6. The molecule has 0 spiro atoms. The molecule has 0 bridgehead atoms. The minimum Gasteiger partial charge on any atom is -0.462 e. The molecule has 2 heterocycles. The Morgan fingerprint density at radius 3 is 2.77 bits per heavy atom. The number of esters is 1. The van der Waals surface area contributed by atoms with E-state index in [4.69, 9.17) is 4.74 Å². The molecule has 0 atom stereocenters. The van der Waals surface area contributed by atoms with Crippen molar-refractivity contribution in [2.75, 3.05) is 17.7 Å². The van der Waals surface area contributed by atoms with Crippen LogP contribution in [0.4, 0.5) is 5.69 Å². The fraction of sp³-hybridized carbons (Fsp3) is 0.211. The first kappa shape index (κ1) is 18.4. The molecule has 1 aromatic carbocycles. The quantitative estimate of drug-likeness (QED) is 0.612. The molecule has 0 unspecified atom stereocenters. The topological polar surface area (TPSA) is 68.3 Å². The Kier molecular flexibility index (Phi) is 6.25. The summed E-state index contributed by atoms with van der Waals surface area (Å²) in [6.07, 6.45) is 3.49. The van der Waals surface area contributed by atoms with Crippen molar-refractivity contribution in [1.82, 2.24) is 4.98 Å². The number of hydrogen-bond donors (Lipinski definition) is 1. The Morgan fingerprint density at radius 1 is 1.19 bits per heavy atom. The number of nitrogens with zero attached hydrogens (tertiary/aromatic N) is 1. The predicted octanol–water partition coefficient (Wildman–Crippen LogP) is 4.34. The van der Waals surface area contributed by atoms with Gasteiger partial charge in [0, 0.05) is 28.5 Å². The Morgan fingerprint density at radius 2 is 2.00 bits per heavy atom. The lowest BCUT2D eigenvalue weighted by molar-refractivity contribution is -0.113. The Balaban J connectivity index is 1.57. The highest BCUT2D eigenvalue weighted by Gasteiger charge is 2.12. The predicted molar refractivity (Wildman–Crippen MR) is 107 cm³/mol. The maximum absolute atomic E-state index is 12.1. The second-order valence-electron chi connectivity index (χ2n) is 5.48. The van der Waals surface area contributed by atoms with Crippen LogP contribution in [0.5, 0.6) is 0 Å². The first-order valence-corrected chi connectivity index (χ1v) is 10.1. The van der Waals surface area contributed by atoms with E-state index in [-0.39, 0.29) is 11.9 Å². The minimum atomic E-state index is -0.313. The van der Waals surface area contributed by atoms with Crippen LogP contribution in [0.2, 0.25) is 0 Å². The molecule has 26 heavy (non-hydrogen) atoms. The SMILES string of the molecule is CCOC(=O)c1cc2cc(NC(=O)CSCc3ccncc3)ccc2s1. The van der Waals surface area contributed by atoms with Crippen molar-refractivity contribution in [3.63, 3.8) is 0 Å². The van der Waals surface area contributed by atoms with Crippen LogP contribution in [0.15, 0.2) is 48.8 Å². The zero-order chi connectivity index (χ0) is 18.4. The van der Waals surface area contributed by atoms with Crippen molar-refractivity contribution in [3.05, 3.63) is 59.2 Å². The summed E-state index contributed by atoms with van der Waals surface area (Å²) in [6.45, 7) is 2.14. The second kappa shape index (κ2) is 8.82. The standard InChI is InChI=1S/C19H18N2O3S2/c1-2-24-19(23)17-10-14-9-15(3-4-16(14)26-17)21-18(22)12-25-11-13-5-7-20-8-6-13/h3-10H,2,11-12H2,1H3,(H,21,22). The third kappa shape index (κ3) is 4.83. The number of rotatable bonds is 7. The monoisotopic (exact) mass is 386 g/mol. The Bertz CT molecular complexity index is 910. The van der Waals surface area contributed by atoms with E-state index in [1.165, 1.54) is 11.3 Å². The van der Waals surface area contributed by atoms with E-state index in [0.717, 1.165) is 27.1 Å². The normalized spacial score (nSPS) is 10.7. The van der Waals surface area contributed by atoms with Crippen molar-refractivity contribution in [2.24, 2.45) is 0 Å². The van der Waals surface area contributed by atoms with E-state index in [1.807, 2.05) is 30.3 Å². The highest BCUT2D eigenvalue weighted by atomic mass is 32.2. The average molecular weight is 386 g/mol. The highest BCUT2D eigenvalue weighted by Crippen LogP contribution is 2.28.